The van der Waals surface area contributed by atoms with Crippen molar-refractivity contribution in [2.75, 3.05) is 6.26 Å². The van der Waals surface area contributed by atoms with Crippen LogP contribution in [0.15, 0.2) is 0 Å². The molecule has 2 aliphatic rings. The van der Waals surface area contributed by atoms with Crippen molar-refractivity contribution in [2.45, 2.75) is 75.1 Å². The lowest BCUT2D eigenvalue weighted by Crippen LogP contribution is -2.42. The van der Waals surface area contributed by atoms with Gasteiger partial charge in [-0.3, -0.25) is 0 Å². The Labute approximate surface area is 98.8 Å². The second-order valence-electron chi connectivity index (χ2n) is 5.22. The molecule has 0 heterocycles. The van der Waals surface area contributed by atoms with Gasteiger partial charge in [-0.15, -0.1) is 0 Å². The van der Waals surface area contributed by atoms with Gasteiger partial charge >= 0.3 is 0 Å². The smallest absolute Gasteiger partial charge is 0.00801 e. The average Bonchev–Trinajstić information content (AvgIpc) is 2.31. The minimum atomic E-state index is 0.833. The van der Waals surface area contributed by atoms with Crippen LogP contribution in [0, 0.1) is 0 Å². The molecule has 0 amide bonds. The molecule has 2 unspecified atom stereocenters. The molecule has 2 fully saturated rings. The highest BCUT2D eigenvalue weighted by atomic mass is 32.2. The third-order valence-electron chi connectivity index (χ3n) is 4.04. The summed E-state index contributed by atoms with van der Waals surface area (Å²) in [6.45, 7) is 0. The molecule has 2 rings (SSSR count). The summed E-state index contributed by atoms with van der Waals surface area (Å²) in [6.07, 6.45) is 15.2. The molecule has 2 aliphatic carbocycles. The van der Waals surface area contributed by atoms with Crippen molar-refractivity contribution in [3.8, 4) is 0 Å². The number of thioether (sulfide) groups is 1. The zero-order chi connectivity index (χ0) is 10.5. The highest BCUT2D eigenvalue weighted by molar-refractivity contribution is 7.99. The van der Waals surface area contributed by atoms with Crippen LogP contribution in [0.5, 0.6) is 0 Å². The van der Waals surface area contributed by atoms with E-state index < -0.39 is 0 Å². The van der Waals surface area contributed by atoms with Crippen LogP contribution in [0.4, 0.5) is 0 Å². The summed E-state index contributed by atoms with van der Waals surface area (Å²) in [5.41, 5.74) is 0. The Hall–Kier alpha value is 0.310. The third kappa shape index (κ3) is 3.67. The van der Waals surface area contributed by atoms with E-state index in [-0.39, 0.29) is 0 Å². The zero-order valence-corrected chi connectivity index (χ0v) is 10.8. The summed E-state index contributed by atoms with van der Waals surface area (Å²) < 4.78 is 0. The van der Waals surface area contributed by atoms with E-state index in [0.717, 1.165) is 17.3 Å². The number of hydrogen-bond donors (Lipinski definition) is 1. The summed E-state index contributed by atoms with van der Waals surface area (Å²) in [5.74, 6) is 0. The monoisotopic (exact) mass is 227 g/mol. The van der Waals surface area contributed by atoms with Crippen LogP contribution in [0.1, 0.15) is 57.8 Å². The second-order valence-corrected chi connectivity index (χ2v) is 6.36. The average molecular weight is 227 g/mol. The molecule has 0 aromatic rings. The highest BCUT2D eigenvalue weighted by Gasteiger charge is 2.23. The molecule has 88 valence electrons. The first-order valence-corrected chi connectivity index (χ1v) is 7.96. The summed E-state index contributed by atoms with van der Waals surface area (Å²) in [7, 11) is 0. The molecular weight excluding hydrogens is 202 g/mol. The Morgan fingerprint density at radius 3 is 2.33 bits per heavy atom. The van der Waals surface area contributed by atoms with Crippen molar-refractivity contribution in [1.82, 2.24) is 5.32 Å². The fourth-order valence-electron chi connectivity index (χ4n) is 3.11. The molecule has 0 aromatic heterocycles. The second kappa shape index (κ2) is 6.15. The van der Waals surface area contributed by atoms with Gasteiger partial charge in [0.15, 0.2) is 0 Å². The van der Waals surface area contributed by atoms with Crippen LogP contribution in [-0.2, 0) is 0 Å². The van der Waals surface area contributed by atoms with E-state index >= 15 is 0 Å². The van der Waals surface area contributed by atoms with E-state index in [1.807, 2.05) is 0 Å². The molecule has 1 nitrogen and oxygen atoms in total. The molecule has 0 saturated heterocycles. The van der Waals surface area contributed by atoms with E-state index in [9.17, 15) is 0 Å². The molecule has 1 N–H and O–H groups in total. The molecule has 15 heavy (non-hydrogen) atoms. The topological polar surface area (TPSA) is 12.0 Å². The largest absolute Gasteiger partial charge is 0.311 e. The first kappa shape index (κ1) is 11.8. The maximum absolute atomic E-state index is 3.91. The lowest BCUT2D eigenvalue weighted by atomic mass is 9.90. The van der Waals surface area contributed by atoms with Gasteiger partial charge in [0, 0.05) is 17.3 Å². The standard InChI is InChI=1S/C13H25NS/c1-15-13-9-5-8-12(10-13)14-11-6-3-2-4-7-11/h11-14H,2-10H2,1H3. The fraction of sp³-hybridized carbons (Fsp3) is 1.00. The summed E-state index contributed by atoms with van der Waals surface area (Å²) >= 11 is 2.07. The van der Waals surface area contributed by atoms with Crippen LogP contribution in [0.2, 0.25) is 0 Å². The van der Waals surface area contributed by atoms with E-state index in [0.29, 0.717) is 0 Å². The van der Waals surface area contributed by atoms with Crippen LogP contribution in [0.25, 0.3) is 0 Å². The lowest BCUT2D eigenvalue weighted by molar-refractivity contribution is 0.294. The van der Waals surface area contributed by atoms with Crippen molar-refractivity contribution in [3.63, 3.8) is 0 Å². The first-order chi connectivity index (χ1) is 7.38. The predicted octanol–water partition coefficient (Wildman–Crippen LogP) is 3.58. The van der Waals surface area contributed by atoms with Crippen LogP contribution >= 0.6 is 11.8 Å². The zero-order valence-electron chi connectivity index (χ0n) is 10.0. The highest BCUT2D eigenvalue weighted by Crippen LogP contribution is 2.28. The van der Waals surface area contributed by atoms with Crippen LogP contribution in [-0.4, -0.2) is 23.6 Å². The summed E-state index contributed by atoms with van der Waals surface area (Å²) in [5, 5.41) is 4.84. The minimum Gasteiger partial charge on any atom is -0.311 e. The van der Waals surface area contributed by atoms with Gasteiger partial charge in [-0.05, 0) is 38.4 Å². The van der Waals surface area contributed by atoms with Crippen LogP contribution in [0.3, 0.4) is 0 Å². The van der Waals surface area contributed by atoms with Crippen molar-refractivity contribution in [3.05, 3.63) is 0 Å². The van der Waals surface area contributed by atoms with E-state index in [1.165, 1.54) is 57.8 Å². The molecule has 2 atom stereocenters. The fourth-order valence-corrected chi connectivity index (χ4v) is 3.94. The molecule has 0 radical (unpaired) electrons. The van der Waals surface area contributed by atoms with Crippen molar-refractivity contribution >= 4 is 11.8 Å². The van der Waals surface area contributed by atoms with Crippen LogP contribution < -0.4 is 5.32 Å². The normalized spacial score (nSPS) is 34.2. The van der Waals surface area contributed by atoms with Crippen molar-refractivity contribution in [2.24, 2.45) is 0 Å². The lowest BCUT2D eigenvalue weighted by Gasteiger charge is -2.33. The molecule has 0 aromatic carbocycles. The molecule has 2 saturated carbocycles. The van der Waals surface area contributed by atoms with E-state index in [1.54, 1.807) is 0 Å². The van der Waals surface area contributed by atoms with Gasteiger partial charge in [0.1, 0.15) is 0 Å². The molecule has 0 spiro atoms. The predicted molar refractivity (Wildman–Crippen MR) is 69.6 cm³/mol. The Morgan fingerprint density at radius 2 is 1.60 bits per heavy atom. The SMILES string of the molecule is CSC1CCCC(NC2CCCCC2)C1. The van der Waals surface area contributed by atoms with Gasteiger partial charge < -0.3 is 5.32 Å². The van der Waals surface area contributed by atoms with Crippen molar-refractivity contribution < 1.29 is 0 Å². The summed E-state index contributed by atoms with van der Waals surface area (Å²) in [4.78, 5) is 0. The Bertz CT molecular complexity index is 177. The number of rotatable bonds is 3. The van der Waals surface area contributed by atoms with Gasteiger partial charge in [-0.1, -0.05) is 25.7 Å². The maximum Gasteiger partial charge on any atom is 0.00801 e. The maximum atomic E-state index is 3.91. The van der Waals surface area contributed by atoms with Gasteiger partial charge in [-0.25, -0.2) is 0 Å². The van der Waals surface area contributed by atoms with Gasteiger partial charge in [0.25, 0.3) is 0 Å². The van der Waals surface area contributed by atoms with Gasteiger partial charge in [0.05, 0.1) is 0 Å². The number of hydrogen-bond acceptors (Lipinski definition) is 2. The Balaban J connectivity index is 1.72. The third-order valence-corrected chi connectivity index (χ3v) is 5.13. The quantitative estimate of drug-likeness (QED) is 0.791. The summed E-state index contributed by atoms with van der Waals surface area (Å²) in [6, 6.07) is 1.68. The van der Waals surface area contributed by atoms with Gasteiger partial charge in [-0.2, -0.15) is 11.8 Å². The molecular formula is C13H25NS. The van der Waals surface area contributed by atoms with Crippen molar-refractivity contribution in [1.29, 1.82) is 0 Å². The first-order valence-electron chi connectivity index (χ1n) is 6.67. The molecule has 0 bridgehead atoms. The minimum absolute atomic E-state index is 0.833. The van der Waals surface area contributed by atoms with E-state index in [4.69, 9.17) is 0 Å². The Morgan fingerprint density at radius 1 is 0.867 bits per heavy atom. The molecule has 0 aliphatic heterocycles. The Kier molecular flexibility index (Phi) is 4.83. The number of nitrogens with one attached hydrogen (secondary N) is 1. The van der Waals surface area contributed by atoms with Gasteiger partial charge in [0.2, 0.25) is 0 Å². The molecule has 2 heteroatoms. The van der Waals surface area contributed by atoms with E-state index in [2.05, 4.69) is 23.3 Å².